The molecule has 7 heteroatoms. The van der Waals surface area contributed by atoms with Crippen molar-refractivity contribution in [1.29, 1.82) is 0 Å². The van der Waals surface area contributed by atoms with E-state index in [0.717, 1.165) is 18.7 Å². The van der Waals surface area contributed by atoms with Gasteiger partial charge in [-0.25, -0.2) is 9.37 Å². The number of nitrogens with one attached hydrogen (secondary N) is 1. The number of nitrogens with two attached hydrogens (primary N) is 1. The quantitative estimate of drug-likeness (QED) is 0.795. The van der Waals surface area contributed by atoms with Crippen LogP contribution in [0, 0.1) is 5.82 Å². The van der Waals surface area contributed by atoms with Crippen LogP contribution in [-0.4, -0.2) is 36.3 Å². The summed E-state index contributed by atoms with van der Waals surface area (Å²) in [5.41, 5.74) is 6.64. The molecule has 2 heterocycles. The van der Waals surface area contributed by atoms with Gasteiger partial charge in [0.05, 0.1) is 18.8 Å². The minimum absolute atomic E-state index is 0.229. The predicted molar refractivity (Wildman–Crippen MR) is 85.0 cm³/mol. The molecule has 3 N–H and O–H groups in total. The molecular weight excluding hydrogens is 299 g/mol. The minimum Gasteiger partial charge on any atom is -0.489 e. The van der Waals surface area contributed by atoms with Gasteiger partial charge in [0.2, 0.25) is 5.95 Å². The maximum absolute atomic E-state index is 13.4. The molecule has 1 aliphatic heterocycles. The lowest BCUT2D eigenvalue weighted by atomic mass is 10.0. The Balaban J connectivity index is 1.54. The zero-order chi connectivity index (χ0) is 16.1. The molecular formula is C16H19FN4O2. The molecule has 0 aliphatic carbocycles. The largest absolute Gasteiger partial charge is 0.489 e. The number of anilines is 2. The van der Waals surface area contributed by atoms with Gasteiger partial charge in [-0.1, -0.05) is 12.1 Å². The van der Waals surface area contributed by atoms with E-state index in [9.17, 15) is 4.39 Å². The number of aromatic nitrogens is 2. The van der Waals surface area contributed by atoms with Gasteiger partial charge in [-0.05, 0) is 18.6 Å². The van der Waals surface area contributed by atoms with E-state index in [1.165, 1.54) is 6.07 Å². The van der Waals surface area contributed by atoms with Gasteiger partial charge in [-0.15, -0.1) is 0 Å². The Kier molecular flexibility index (Phi) is 4.87. The van der Waals surface area contributed by atoms with Crippen LogP contribution in [0.1, 0.15) is 18.0 Å². The Morgan fingerprint density at radius 1 is 1.35 bits per heavy atom. The highest BCUT2D eigenvalue weighted by atomic mass is 19.1. The normalized spacial score (nSPS) is 17.2. The van der Waals surface area contributed by atoms with E-state index in [1.54, 1.807) is 18.2 Å². The van der Waals surface area contributed by atoms with Crippen LogP contribution in [0.3, 0.4) is 0 Å². The molecule has 122 valence electrons. The second kappa shape index (κ2) is 7.23. The topological polar surface area (TPSA) is 82.3 Å². The molecule has 0 radical (unpaired) electrons. The van der Waals surface area contributed by atoms with Crippen molar-refractivity contribution < 1.29 is 13.9 Å². The van der Waals surface area contributed by atoms with Crippen molar-refractivity contribution in [2.24, 2.45) is 0 Å². The molecule has 0 bridgehead atoms. The molecule has 0 spiro atoms. The molecule has 3 rings (SSSR count). The zero-order valence-corrected chi connectivity index (χ0v) is 12.7. The molecule has 1 atom stereocenters. The summed E-state index contributed by atoms with van der Waals surface area (Å²) in [4.78, 5) is 8.42. The van der Waals surface area contributed by atoms with Gasteiger partial charge in [-0.2, -0.15) is 4.98 Å². The van der Waals surface area contributed by atoms with Crippen molar-refractivity contribution in [2.45, 2.75) is 12.3 Å². The lowest BCUT2D eigenvalue weighted by Crippen LogP contribution is -2.14. The molecule has 0 saturated carbocycles. The first-order valence-electron chi connectivity index (χ1n) is 7.56. The van der Waals surface area contributed by atoms with Crippen LogP contribution in [0.15, 0.2) is 30.3 Å². The summed E-state index contributed by atoms with van der Waals surface area (Å²) in [6, 6.07) is 8.18. The zero-order valence-electron chi connectivity index (χ0n) is 12.7. The summed E-state index contributed by atoms with van der Waals surface area (Å²) in [5, 5.41) is 3.12. The number of para-hydroxylation sites is 1. The van der Waals surface area contributed by atoms with E-state index >= 15 is 0 Å². The van der Waals surface area contributed by atoms with Crippen LogP contribution in [0.2, 0.25) is 0 Å². The lowest BCUT2D eigenvalue weighted by molar-refractivity contribution is 0.193. The van der Waals surface area contributed by atoms with E-state index in [2.05, 4.69) is 15.3 Å². The van der Waals surface area contributed by atoms with Gasteiger partial charge in [0, 0.05) is 18.6 Å². The van der Waals surface area contributed by atoms with Crippen LogP contribution in [0.4, 0.5) is 16.2 Å². The fraction of sp³-hybridized carbons (Fsp3) is 0.375. The predicted octanol–water partition coefficient (Wildman–Crippen LogP) is 2.19. The lowest BCUT2D eigenvalue weighted by Gasteiger charge is -2.12. The molecule has 6 nitrogen and oxygen atoms in total. The Labute approximate surface area is 133 Å². The Morgan fingerprint density at radius 2 is 2.22 bits per heavy atom. The summed E-state index contributed by atoms with van der Waals surface area (Å²) in [6.45, 7) is 2.19. The van der Waals surface area contributed by atoms with Crippen LogP contribution < -0.4 is 15.8 Å². The number of hydrogen-bond acceptors (Lipinski definition) is 6. The number of ether oxygens (including phenoxy) is 2. The molecule has 1 unspecified atom stereocenters. The fourth-order valence-corrected chi connectivity index (χ4v) is 2.45. The van der Waals surface area contributed by atoms with Gasteiger partial charge in [0.1, 0.15) is 12.4 Å². The van der Waals surface area contributed by atoms with Gasteiger partial charge in [-0.3, -0.25) is 0 Å². The van der Waals surface area contributed by atoms with Gasteiger partial charge >= 0.3 is 0 Å². The van der Waals surface area contributed by atoms with E-state index in [4.69, 9.17) is 15.2 Å². The fourth-order valence-electron chi connectivity index (χ4n) is 2.45. The second-order valence-corrected chi connectivity index (χ2v) is 5.30. The molecule has 23 heavy (non-hydrogen) atoms. The molecule has 1 saturated heterocycles. The first kappa shape index (κ1) is 15.5. The SMILES string of the molecule is Nc1nc(NCCOc2ccccc2F)cc(C2CCOC2)n1. The summed E-state index contributed by atoms with van der Waals surface area (Å²) in [7, 11) is 0. The van der Waals surface area contributed by atoms with Crippen molar-refractivity contribution in [2.75, 3.05) is 37.4 Å². The smallest absolute Gasteiger partial charge is 0.222 e. The number of benzene rings is 1. The van der Waals surface area contributed by atoms with Crippen LogP contribution in [0.25, 0.3) is 0 Å². The Morgan fingerprint density at radius 3 is 3.00 bits per heavy atom. The average Bonchev–Trinajstić information content (AvgIpc) is 3.07. The van der Waals surface area contributed by atoms with Crippen LogP contribution in [-0.2, 0) is 4.74 Å². The average molecular weight is 318 g/mol. The van der Waals surface area contributed by atoms with Crippen molar-refractivity contribution >= 4 is 11.8 Å². The van der Waals surface area contributed by atoms with E-state index in [0.29, 0.717) is 25.6 Å². The third-order valence-electron chi connectivity index (χ3n) is 3.61. The maximum Gasteiger partial charge on any atom is 0.222 e. The number of hydrogen-bond donors (Lipinski definition) is 2. The highest BCUT2D eigenvalue weighted by Crippen LogP contribution is 2.25. The first-order valence-corrected chi connectivity index (χ1v) is 7.56. The molecule has 2 aromatic rings. The molecule has 0 amide bonds. The summed E-state index contributed by atoms with van der Waals surface area (Å²) in [6.07, 6.45) is 0.937. The summed E-state index contributed by atoms with van der Waals surface area (Å²) in [5.74, 6) is 0.988. The van der Waals surface area contributed by atoms with Gasteiger partial charge in [0.25, 0.3) is 0 Å². The summed E-state index contributed by atoms with van der Waals surface area (Å²) < 4.78 is 24.2. The number of nitrogen functional groups attached to an aromatic ring is 1. The Bertz CT molecular complexity index is 662. The summed E-state index contributed by atoms with van der Waals surface area (Å²) >= 11 is 0. The van der Waals surface area contributed by atoms with Crippen LogP contribution in [0.5, 0.6) is 5.75 Å². The first-order chi connectivity index (χ1) is 11.2. The highest BCUT2D eigenvalue weighted by molar-refractivity contribution is 5.41. The third-order valence-corrected chi connectivity index (χ3v) is 3.61. The Hall–Kier alpha value is -2.41. The van der Waals surface area contributed by atoms with E-state index < -0.39 is 0 Å². The highest BCUT2D eigenvalue weighted by Gasteiger charge is 2.20. The number of rotatable bonds is 6. The van der Waals surface area contributed by atoms with Crippen molar-refractivity contribution in [3.05, 3.63) is 41.8 Å². The minimum atomic E-state index is -0.373. The third kappa shape index (κ3) is 4.07. The molecule has 1 fully saturated rings. The molecule has 1 aromatic heterocycles. The second-order valence-electron chi connectivity index (χ2n) is 5.30. The standard InChI is InChI=1S/C16H19FN4O2/c17-12-3-1-2-4-14(12)23-8-6-19-15-9-13(20-16(18)21-15)11-5-7-22-10-11/h1-4,9,11H,5-8,10H2,(H3,18,19,20,21). The van der Waals surface area contributed by atoms with Crippen LogP contribution >= 0.6 is 0 Å². The number of halogens is 1. The van der Waals surface area contributed by atoms with E-state index in [1.807, 2.05) is 6.07 Å². The monoisotopic (exact) mass is 318 g/mol. The van der Waals surface area contributed by atoms with Gasteiger partial charge < -0.3 is 20.5 Å². The molecule has 1 aromatic carbocycles. The maximum atomic E-state index is 13.4. The van der Waals surface area contributed by atoms with Crippen molar-refractivity contribution in [3.8, 4) is 5.75 Å². The number of nitrogens with zero attached hydrogens (tertiary/aromatic N) is 2. The van der Waals surface area contributed by atoms with Gasteiger partial charge in [0.15, 0.2) is 11.6 Å². The van der Waals surface area contributed by atoms with E-state index in [-0.39, 0.29) is 23.4 Å². The van der Waals surface area contributed by atoms with Crippen molar-refractivity contribution in [3.63, 3.8) is 0 Å². The molecule has 1 aliphatic rings. The van der Waals surface area contributed by atoms with Crippen molar-refractivity contribution in [1.82, 2.24) is 9.97 Å².